The molecule has 2 saturated heterocycles. The van der Waals surface area contributed by atoms with Gasteiger partial charge in [-0.2, -0.15) is 0 Å². The highest BCUT2D eigenvalue weighted by Crippen LogP contribution is 2.28. The summed E-state index contributed by atoms with van der Waals surface area (Å²) in [6.07, 6.45) is 5.49. The molecule has 3 nitrogen and oxygen atoms in total. The monoisotopic (exact) mass is 198 g/mol. The zero-order valence-electron chi connectivity index (χ0n) is 8.95. The van der Waals surface area contributed by atoms with Crippen LogP contribution in [0.25, 0.3) is 0 Å². The van der Waals surface area contributed by atoms with Crippen molar-refractivity contribution in [1.82, 2.24) is 4.90 Å². The molecule has 0 amide bonds. The van der Waals surface area contributed by atoms with Gasteiger partial charge in [0.15, 0.2) is 0 Å². The highest BCUT2D eigenvalue weighted by molar-refractivity contribution is 4.85. The van der Waals surface area contributed by atoms with Crippen molar-refractivity contribution >= 4 is 0 Å². The van der Waals surface area contributed by atoms with Crippen LogP contribution in [0.15, 0.2) is 0 Å². The van der Waals surface area contributed by atoms with Crippen LogP contribution in [0.5, 0.6) is 0 Å². The number of hydrogen-bond donors (Lipinski definition) is 1. The quantitative estimate of drug-likeness (QED) is 0.680. The normalized spacial score (nSPS) is 37.1. The highest BCUT2D eigenvalue weighted by Gasteiger charge is 2.32. The molecular formula is C11H22N2O. The van der Waals surface area contributed by atoms with Crippen molar-refractivity contribution in [3.8, 4) is 0 Å². The third-order valence-corrected chi connectivity index (χ3v) is 3.48. The van der Waals surface area contributed by atoms with E-state index in [9.17, 15) is 0 Å². The lowest BCUT2D eigenvalue weighted by molar-refractivity contribution is -0.0506. The number of rotatable bonds is 4. The predicted octanol–water partition coefficient (Wildman–Crippen LogP) is 0.836. The smallest absolute Gasteiger partial charge is 0.0627 e. The molecule has 2 N–H and O–H groups in total. The molecule has 3 atom stereocenters. The minimum atomic E-state index is 0.526. The molecule has 0 aromatic rings. The summed E-state index contributed by atoms with van der Waals surface area (Å²) in [5.74, 6) is 0.801. The first-order chi connectivity index (χ1) is 6.90. The van der Waals surface area contributed by atoms with Gasteiger partial charge in [0, 0.05) is 19.7 Å². The summed E-state index contributed by atoms with van der Waals surface area (Å²) in [6, 6.07) is 0. The van der Waals surface area contributed by atoms with Gasteiger partial charge >= 0.3 is 0 Å². The lowest BCUT2D eigenvalue weighted by atomic mass is 9.87. The lowest BCUT2D eigenvalue weighted by Gasteiger charge is -2.42. The van der Waals surface area contributed by atoms with Crippen molar-refractivity contribution in [3.05, 3.63) is 0 Å². The standard InChI is InChI=1S/C11H22N2O/c12-5-2-8-14-11-4-7-13-6-1-3-10(11)9-13/h10-11H,1-9,12H2. The average Bonchev–Trinajstić information content (AvgIpc) is 2.22. The molecule has 82 valence electrons. The third kappa shape index (κ3) is 2.47. The Morgan fingerprint density at radius 1 is 1.29 bits per heavy atom. The van der Waals surface area contributed by atoms with Gasteiger partial charge in [-0.05, 0) is 44.7 Å². The molecule has 0 aromatic carbocycles. The number of fused-ring (bicyclic) bond motifs is 2. The van der Waals surface area contributed by atoms with Gasteiger partial charge in [0.1, 0.15) is 0 Å². The van der Waals surface area contributed by atoms with Gasteiger partial charge in [0.25, 0.3) is 0 Å². The molecule has 2 heterocycles. The van der Waals surface area contributed by atoms with E-state index >= 15 is 0 Å². The number of nitrogens with two attached hydrogens (primary N) is 1. The molecular weight excluding hydrogens is 176 g/mol. The van der Waals surface area contributed by atoms with E-state index in [0.717, 1.165) is 25.5 Å². The highest BCUT2D eigenvalue weighted by atomic mass is 16.5. The third-order valence-electron chi connectivity index (χ3n) is 3.48. The van der Waals surface area contributed by atoms with Crippen molar-refractivity contribution in [1.29, 1.82) is 0 Å². The van der Waals surface area contributed by atoms with Crippen LogP contribution in [0.3, 0.4) is 0 Å². The van der Waals surface area contributed by atoms with Gasteiger partial charge in [-0.1, -0.05) is 0 Å². The van der Waals surface area contributed by atoms with E-state index in [1.54, 1.807) is 0 Å². The number of hydrogen-bond acceptors (Lipinski definition) is 3. The second-order valence-electron chi connectivity index (χ2n) is 4.54. The molecule has 2 bridgehead atoms. The van der Waals surface area contributed by atoms with E-state index in [0.29, 0.717) is 6.10 Å². The molecule has 3 heteroatoms. The zero-order chi connectivity index (χ0) is 9.80. The molecule has 0 spiro atoms. The Labute approximate surface area is 86.6 Å². The molecule has 2 aliphatic heterocycles. The fourth-order valence-electron chi connectivity index (χ4n) is 2.68. The van der Waals surface area contributed by atoms with Crippen LogP contribution in [0.4, 0.5) is 0 Å². The maximum absolute atomic E-state index is 5.90. The van der Waals surface area contributed by atoms with Crippen molar-refractivity contribution in [3.63, 3.8) is 0 Å². The Bertz CT molecular complexity index is 175. The summed E-state index contributed by atoms with van der Waals surface area (Å²) in [6.45, 7) is 5.43. The van der Waals surface area contributed by atoms with Crippen LogP contribution >= 0.6 is 0 Å². The molecule has 3 unspecified atom stereocenters. The van der Waals surface area contributed by atoms with Crippen LogP contribution in [0.1, 0.15) is 25.7 Å². The Balaban J connectivity index is 1.75. The first-order valence-corrected chi connectivity index (χ1v) is 5.94. The number of piperidine rings is 2. The van der Waals surface area contributed by atoms with Gasteiger partial charge < -0.3 is 15.4 Å². The van der Waals surface area contributed by atoms with Gasteiger partial charge in [0.05, 0.1) is 6.10 Å². The van der Waals surface area contributed by atoms with Crippen molar-refractivity contribution < 1.29 is 4.74 Å². The SMILES string of the molecule is NCCCOC1CCN2CCCC1C2. The number of ether oxygens (including phenoxy) is 1. The summed E-state index contributed by atoms with van der Waals surface area (Å²) in [5, 5.41) is 0. The van der Waals surface area contributed by atoms with E-state index in [1.807, 2.05) is 0 Å². The second-order valence-corrected chi connectivity index (χ2v) is 4.54. The first kappa shape index (κ1) is 10.4. The summed E-state index contributed by atoms with van der Waals surface area (Å²) >= 11 is 0. The van der Waals surface area contributed by atoms with Gasteiger partial charge in [-0.3, -0.25) is 0 Å². The minimum absolute atomic E-state index is 0.526. The van der Waals surface area contributed by atoms with Crippen LogP contribution in [-0.4, -0.2) is 43.8 Å². The van der Waals surface area contributed by atoms with Crippen LogP contribution in [-0.2, 0) is 4.74 Å². The largest absolute Gasteiger partial charge is 0.378 e. The van der Waals surface area contributed by atoms with E-state index in [-0.39, 0.29) is 0 Å². The fourth-order valence-corrected chi connectivity index (χ4v) is 2.68. The molecule has 0 saturated carbocycles. The minimum Gasteiger partial charge on any atom is -0.378 e. The van der Waals surface area contributed by atoms with E-state index in [2.05, 4.69) is 4.90 Å². The van der Waals surface area contributed by atoms with Crippen LogP contribution in [0.2, 0.25) is 0 Å². The Morgan fingerprint density at radius 3 is 3.07 bits per heavy atom. The molecule has 14 heavy (non-hydrogen) atoms. The van der Waals surface area contributed by atoms with Gasteiger partial charge in [-0.15, -0.1) is 0 Å². The van der Waals surface area contributed by atoms with E-state index in [1.165, 1.54) is 38.9 Å². The van der Waals surface area contributed by atoms with Crippen LogP contribution in [0, 0.1) is 5.92 Å². The topological polar surface area (TPSA) is 38.5 Å². The first-order valence-electron chi connectivity index (χ1n) is 5.94. The van der Waals surface area contributed by atoms with Gasteiger partial charge in [-0.25, -0.2) is 0 Å². The Hall–Kier alpha value is -0.120. The summed E-state index contributed by atoms with van der Waals surface area (Å²) in [5.41, 5.74) is 5.46. The molecule has 2 fully saturated rings. The Kier molecular flexibility index (Phi) is 3.79. The van der Waals surface area contributed by atoms with E-state index in [4.69, 9.17) is 10.5 Å². The van der Waals surface area contributed by atoms with Crippen LogP contribution < -0.4 is 5.73 Å². The van der Waals surface area contributed by atoms with E-state index < -0.39 is 0 Å². The van der Waals surface area contributed by atoms with Crippen molar-refractivity contribution in [2.24, 2.45) is 11.7 Å². The molecule has 0 radical (unpaired) electrons. The van der Waals surface area contributed by atoms with Crippen molar-refractivity contribution in [2.75, 3.05) is 32.8 Å². The molecule has 0 aromatic heterocycles. The second kappa shape index (κ2) is 5.10. The fraction of sp³-hybridized carbons (Fsp3) is 1.00. The summed E-state index contributed by atoms with van der Waals surface area (Å²) < 4.78 is 5.90. The average molecular weight is 198 g/mol. The summed E-state index contributed by atoms with van der Waals surface area (Å²) in [4.78, 5) is 2.58. The lowest BCUT2D eigenvalue weighted by Crippen LogP contribution is -2.47. The molecule has 2 rings (SSSR count). The maximum atomic E-state index is 5.90. The maximum Gasteiger partial charge on any atom is 0.0627 e. The number of nitrogens with zero attached hydrogens (tertiary/aromatic N) is 1. The van der Waals surface area contributed by atoms with Gasteiger partial charge in [0.2, 0.25) is 0 Å². The van der Waals surface area contributed by atoms with Crippen molar-refractivity contribution in [2.45, 2.75) is 31.8 Å². The summed E-state index contributed by atoms with van der Waals surface area (Å²) in [7, 11) is 0. The Morgan fingerprint density at radius 2 is 2.21 bits per heavy atom. The zero-order valence-corrected chi connectivity index (χ0v) is 8.95. The predicted molar refractivity (Wildman–Crippen MR) is 57.2 cm³/mol. The molecule has 0 aliphatic carbocycles. The molecule has 2 aliphatic rings.